The molecule has 1 aliphatic rings. The summed E-state index contributed by atoms with van der Waals surface area (Å²) in [4.78, 5) is 19.6. The topological polar surface area (TPSA) is 75.5 Å². The minimum atomic E-state index is -3.69. The molecule has 34 heavy (non-hydrogen) atoms. The fraction of sp³-hybridized carbons (Fsp3) is 0.308. The lowest BCUT2D eigenvalue weighted by atomic mass is 9.95. The summed E-state index contributed by atoms with van der Waals surface area (Å²) in [5, 5.41) is 0.0501. The van der Waals surface area contributed by atoms with Gasteiger partial charge in [0.2, 0.25) is 5.91 Å². The molecule has 1 aromatic heterocycles. The molecule has 3 aromatic rings. The third kappa shape index (κ3) is 4.91. The quantitative estimate of drug-likeness (QED) is 0.512. The fourth-order valence-corrected chi connectivity index (χ4v) is 5.67. The summed E-state index contributed by atoms with van der Waals surface area (Å²) in [6.07, 6.45) is 8.01. The molecule has 8 heteroatoms. The van der Waals surface area contributed by atoms with E-state index in [1.54, 1.807) is 23.4 Å². The number of nitrogens with zero attached hydrogens (tertiary/aromatic N) is 4. The first-order valence-electron chi connectivity index (χ1n) is 11.2. The van der Waals surface area contributed by atoms with E-state index in [1.165, 1.54) is 10.5 Å². The number of hydrogen-bond acceptors (Lipinski definition) is 4. The van der Waals surface area contributed by atoms with Crippen molar-refractivity contribution in [1.29, 1.82) is 0 Å². The third-order valence-electron chi connectivity index (χ3n) is 6.27. The molecule has 2 aromatic carbocycles. The Labute approximate surface area is 201 Å². The van der Waals surface area contributed by atoms with Crippen molar-refractivity contribution in [2.24, 2.45) is 13.0 Å². The standard InChI is InChI=1S/C26H28N4O3S/c1-4-21-11-8-12-24(17-21)30(18-22-9-6-5-7-10-22)26(31)23-13-15-29(16-14-23)34(32,33)25-19-28(3)20(2)27-25/h1,5-12,17,19,23H,13-16,18H2,2-3H3. The van der Waals surface area contributed by atoms with Gasteiger partial charge in [0.15, 0.2) is 5.03 Å². The van der Waals surface area contributed by atoms with E-state index in [-0.39, 0.29) is 29.9 Å². The lowest BCUT2D eigenvalue weighted by Gasteiger charge is -2.33. The van der Waals surface area contributed by atoms with Crippen LogP contribution in [0.5, 0.6) is 0 Å². The molecule has 0 unspecified atom stereocenters. The lowest BCUT2D eigenvalue weighted by Crippen LogP contribution is -2.44. The summed E-state index contributed by atoms with van der Waals surface area (Å²) in [7, 11) is -1.92. The zero-order chi connectivity index (χ0) is 24.3. The molecule has 7 nitrogen and oxygen atoms in total. The summed E-state index contributed by atoms with van der Waals surface area (Å²) >= 11 is 0. The molecule has 1 saturated heterocycles. The van der Waals surface area contributed by atoms with Gasteiger partial charge in [-0.15, -0.1) is 6.42 Å². The lowest BCUT2D eigenvalue weighted by molar-refractivity contribution is -0.123. The maximum atomic E-state index is 13.7. The molecule has 2 heterocycles. The van der Waals surface area contributed by atoms with E-state index in [1.807, 2.05) is 54.6 Å². The van der Waals surface area contributed by atoms with E-state index in [4.69, 9.17) is 6.42 Å². The monoisotopic (exact) mass is 476 g/mol. The summed E-state index contributed by atoms with van der Waals surface area (Å²) in [5.41, 5.74) is 2.45. The summed E-state index contributed by atoms with van der Waals surface area (Å²) in [6.45, 7) is 2.73. The molecule has 0 atom stereocenters. The van der Waals surface area contributed by atoms with Crippen molar-refractivity contribution in [2.45, 2.75) is 31.3 Å². The highest BCUT2D eigenvalue weighted by atomic mass is 32.2. The van der Waals surface area contributed by atoms with Gasteiger partial charge in [0, 0.05) is 43.5 Å². The molecule has 0 saturated carbocycles. The molecule has 0 spiro atoms. The highest BCUT2D eigenvalue weighted by Gasteiger charge is 2.35. The van der Waals surface area contributed by atoms with Gasteiger partial charge in [0.1, 0.15) is 5.82 Å². The second kappa shape index (κ2) is 9.84. The van der Waals surface area contributed by atoms with Crippen molar-refractivity contribution < 1.29 is 13.2 Å². The number of terminal acetylenes is 1. The van der Waals surface area contributed by atoms with Crippen LogP contribution in [0.2, 0.25) is 0 Å². The van der Waals surface area contributed by atoms with Gasteiger partial charge in [-0.1, -0.05) is 42.3 Å². The first-order chi connectivity index (χ1) is 16.3. The van der Waals surface area contributed by atoms with Crippen LogP contribution in [0.15, 0.2) is 65.8 Å². The van der Waals surface area contributed by atoms with Crippen molar-refractivity contribution in [3.05, 3.63) is 77.7 Å². The van der Waals surface area contributed by atoms with Gasteiger partial charge in [-0.2, -0.15) is 4.31 Å². The van der Waals surface area contributed by atoms with Gasteiger partial charge >= 0.3 is 0 Å². The van der Waals surface area contributed by atoms with Crippen molar-refractivity contribution >= 4 is 21.6 Å². The van der Waals surface area contributed by atoms with Crippen LogP contribution in [0, 0.1) is 25.2 Å². The van der Waals surface area contributed by atoms with E-state index in [0.717, 1.165) is 11.3 Å². The predicted octanol–water partition coefficient (Wildman–Crippen LogP) is 3.34. The number of aromatic nitrogens is 2. The number of benzene rings is 2. The number of hydrogen-bond donors (Lipinski definition) is 0. The average Bonchev–Trinajstić information content (AvgIpc) is 3.21. The number of anilines is 1. The summed E-state index contributed by atoms with van der Waals surface area (Å²) in [6, 6.07) is 17.2. The van der Waals surface area contributed by atoms with Crippen molar-refractivity contribution in [3.63, 3.8) is 0 Å². The smallest absolute Gasteiger partial charge is 0.262 e. The molecule has 0 aliphatic carbocycles. The number of sulfonamides is 1. The highest BCUT2D eigenvalue weighted by molar-refractivity contribution is 7.89. The van der Waals surface area contributed by atoms with Gasteiger partial charge in [-0.3, -0.25) is 4.79 Å². The van der Waals surface area contributed by atoms with Gasteiger partial charge in [-0.25, -0.2) is 13.4 Å². The summed E-state index contributed by atoms with van der Waals surface area (Å²) in [5.74, 6) is 2.96. The fourth-order valence-electron chi connectivity index (χ4n) is 4.17. The number of carbonyl (C=O) groups excluding carboxylic acids is 1. The normalized spacial score (nSPS) is 15.1. The number of rotatable bonds is 6. The van der Waals surface area contributed by atoms with Gasteiger partial charge < -0.3 is 9.47 Å². The number of carbonyl (C=O) groups is 1. The number of imidazole rings is 1. The highest BCUT2D eigenvalue weighted by Crippen LogP contribution is 2.28. The zero-order valence-electron chi connectivity index (χ0n) is 19.4. The SMILES string of the molecule is C#Cc1cccc(N(Cc2ccccc2)C(=O)C2CCN(S(=O)(=O)c3cn(C)c(C)n3)CC2)c1. The van der Waals surface area contributed by atoms with E-state index < -0.39 is 10.0 Å². The maximum absolute atomic E-state index is 13.7. The second-order valence-electron chi connectivity index (χ2n) is 8.52. The average molecular weight is 477 g/mol. The Morgan fingerprint density at radius 3 is 2.47 bits per heavy atom. The molecular formula is C26H28N4O3S. The Hall–Kier alpha value is -3.41. The van der Waals surface area contributed by atoms with Crippen LogP contribution in [0.25, 0.3) is 0 Å². The largest absolute Gasteiger partial charge is 0.337 e. The Bertz CT molecular complexity index is 1300. The van der Waals surface area contributed by atoms with Gasteiger partial charge in [-0.05, 0) is 43.5 Å². The molecular weight excluding hydrogens is 448 g/mol. The van der Waals surface area contributed by atoms with Crippen LogP contribution < -0.4 is 4.90 Å². The zero-order valence-corrected chi connectivity index (χ0v) is 20.2. The maximum Gasteiger partial charge on any atom is 0.262 e. The Balaban J connectivity index is 1.53. The van der Waals surface area contributed by atoms with Crippen molar-refractivity contribution in [3.8, 4) is 12.3 Å². The predicted molar refractivity (Wildman–Crippen MR) is 131 cm³/mol. The summed E-state index contributed by atoms with van der Waals surface area (Å²) < 4.78 is 29.2. The molecule has 1 amide bonds. The molecule has 4 rings (SSSR count). The molecule has 1 fully saturated rings. The minimum Gasteiger partial charge on any atom is -0.337 e. The van der Waals surface area contributed by atoms with Crippen LogP contribution in [0.3, 0.4) is 0 Å². The molecule has 176 valence electrons. The van der Waals surface area contributed by atoms with Gasteiger partial charge in [0.05, 0.1) is 6.54 Å². The van der Waals surface area contributed by atoms with Crippen LogP contribution in [-0.2, 0) is 28.4 Å². The van der Waals surface area contributed by atoms with Crippen molar-refractivity contribution in [2.75, 3.05) is 18.0 Å². The molecule has 0 N–H and O–H groups in total. The number of piperidine rings is 1. The number of amides is 1. The van der Waals surface area contributed by atoms with E-state index in [2.05, 4.69) is 10.9 Å². The molecule has 0 bridgehead atoms. The first-order valence-corrected chi connectivity index (χ1v) is 12.7. The third-order valence-corrected chi connectivity index (χ3v) is 8.04. The van der Waals surface area contributed by atoms with E-state index in [0.29, 0.717) is 30.8 Å². The van der Waals surface area contributed by atoms with E-state index >= 15 is 0 Å². The van der Waals surface area contributed by atoms with Crippen molar-refractivity contribution in [1.82, 2.24) is 13.9 Å². The van der Waals surface area contributed by atoms with Crippen LogP contribution >= 0.6 is 0 Å². The first kappa shape index (κ1) is 23.7. The van der Waals surface area contributed by atoms with Crippen LogP contribution in [-0.4, -0.2) is 41.3 Å². The Morgan fingerprint density at radius 2 is 1.85 bits per heavy atom. The van der Waals surface area contributed by atoms with Crippen LogP contribution in [0.4, 0.5) is 5.69 Å². The molecule has 1 aliphatic heterocycles. The Morgan fingerprint density at radius 1 is 1.15 bits per heavy atom. The Kier molecular flexibility index (Phi) is 6.87. The van der Waals surface area contributed by atoms with Gasteiger partial charge in [0.25, 0.3) is 10.0 Å². The molecule has 0 radical (unpaired) electrons. The van der Waals surface area contributed by atoms with E-state index in [9.17, 15) is 13.2 Å². The second-order valence-corrected chi connectivity index (χ2v) is 10.4. The van der Waals surface area contributed by atoms with Crippen LogP contribution in [0.1, 0.15) is 29.8 Å². The minimum absolute atomic E-state index is 0.0243. The number of aryl methyl sites for hydroxylation is 2.